The number of rotatable bonds is 4. The Morgan fingerprint density at radius 3 is 2.81 bits per heavy atom. The minimum absolute atomic E-state index is 0.0100. The van der Waals surface area contributed by atoms with Crippen molar-refractivity contribution in [1.29, 1.82) is 0 Å². The van der Waals surface area contributed by atoms with Crippen LogP contribution in [-0.2, 0) is 9.53 Å². The van der Waals surface area contributed by atoms with Gasteiger partial charge in [-0.3, -0.25) is 4.79 Å². The summed E-state index contributed by atoms with van der Waals surface area (Å²) in [5, 5.41) is 12.2. The molecule has 1 aromatic rings. The Bertz CT molecular complexity index is 546. The summed E-state index contributed by atoms with van der Waals surface area (Å²) in [5.74, 6) is -2.50. The molecule has 1 saturated carbocycles. The van der Waals surface area contributed by atoms with E-state index in [1.54, 1.807) is 0 Å². The third-order valence-corrected chi connectivity index (χ3v) is 3.77. The van der Waals surface area contributed by atoms with Crippen LogP contribution in [0.4, 0.5) is 10.1 Å². The van der Waals surface area contributed by atoms with E-state index < -0.39 is 17.8 Å². The number of hydrogen-bond acceptors (Lipinski definition) is 4. The lowest BCUT2D eigenvalue weighted by molar-refractivity contribution is -0.142. The molecule has 2 N–H and O–H groups in total. The van der Waals surface area contributed by atoms with Crippen LogP contribution in [0.5, 0.6) is 0 Å². The molecule has 1 aliphatic rings. The molecule has 1 aromatic carbocycles. The van der Waals surface area contributed by atoms with Crippen molar-refractivity contribution in [3.8, 4) is 0 Å². The second-order valence-electron chi connectivity index (χ2n) is 5.23. The molecule has 0 aromatic heterocycles. The zero-order valence-corrected chi connectivity index (χ0v) is 11.8. The number of hydrogen-bond donors (Lipinski definition) is 2. The Morgan fingerprint density at radius 1 is 1.38 bits per heavy atom. The Hall–Kier alpha value is -2.11. The summed E-state index contributed by atoms with van der Waals surface area (Å²) in [4.78, 5) is 22.5. The van der Waals surface area contributed by atoms with Crippen molar-refractivity contribution < 1.29 is 23.8 Å². The smallest absolute Gasteiger partial charge is 0.340 e. The molecule has 2 unspecified atom stereocenters. The van der Waals surface area contributed by atoms with Gasteiger partial charge in [-0.2, -0.15) is 0 Å². The van der Waals surface area contributed by atoms with Crippen LogP contribution in [0.2, 0.25) is 0 Å². The first kappa shape index (κ1) is 15.3. The van der Waals surface area contributed by atoms with Crippen LogP contribution in [0.1, 0.15) is 36.0 Å². The molecule has 6 heteroatoms. The summed E-state index contributed by atoms with van der Waals surface area (Å²) in [5.41, 5.74) is 0.459. The van der Waals surface area contributed by atoms with Crippen molar-refractivity contribution in [2.24, 2.45) is 5.92 Å². The number of esters is 1. The maximum absolute atomic E-state index is 13.5. The molecule has 0 amide bonds. The van der Waals surface area contributed by atoms with Crippen LogP contribution in [0.3, 0.4) is 0 Å². The standard InChI is InChI=1S/C15H18FNO4/c1-21-15(20)12-8-11(5-6-13(12)16)17-10-4-2-3-9(7-10)14(18)19/h5-6,8-10,17H,2-4,7H2,1H3,(H,18,19). The monoisotopic (exact) mass is 295 g/mol. The van der Waals surface area contributed by atoms with E-state index in [-0.39, 0.29) is 17.5 Å². The van der Waals surface area contributed by atoms with Gasteiger partial charge in [0.2, 0.25) is 0 Å². The number of anilines is 1. The molecule has 0 bridgehead atoms. The summed E-state index contributed by atoms with van der Waals surface area (Å²) >= 11 is 0. The van der Waals surface area contributed by atoms with Crippen LogP contribution < -0.4 is 5.32 Å². The molecule has 2 atom stereocenters. The third-order valence-electron chi connectivity index (χ3n) is 3.77. The fourth-order valence-electron chi connectivity index (χ4n) is 2.66. The lowest BCUT2D eigenvalue weighted by Gasteiger charge is -2.28. The van der Waals surface area contributed by atoms with Crippen molar-refractivity contribution >= 4 is 17.6 Å². The van der Waals surface area contributed by atoms with Gasteiger partial charge < -0.3 is 15.2 Å². The molecule has 21 heavy (non-hydrogen) atoms. The Labute approximate surface area is 122 Å². The van der Waals surface area contributed by atoms with Crippen LogP contribution in [0.15, 0.2) is 18.2 Å². The molecular formula is C15H18FNO4. The highest BCUT2D eigenvalue weighted by Crippen LogP contribution is 2.27. The quantitative estimate of drug-likeness (QED) is 0.835. The van der Waals surface area contributed by atoms with Gasteiger partial charge in [0.05, 0.1) is 18.6 Å². The summed E-state index contributed by atoms with van der Waals surface area (Å²) < 4.78 is 18.1. The Kier molecular flexibility index (Phi) is 4.77. The predicted molar refractivity (Wildman–Crippen MR) is 74.7 cm³/mol. The van der Waals surface area contributed by atoms with Crippen LogP contribution in [-0.4, -0.2) is 30.2 Å². The highest BCUT2D eigenvalue weighted by molar-refractivity contribution is 5.90. The molecule has 0 aliphatic heterocycles. The van der Waals surface area contributed by atoms with E-state index in [4.69, 9.17) is 5.11 Å². The largest absolute Gasteiger partial charge is 0.481 e. The molecule has 1 fully saturated rings. The number of benzene rings is 1. The van der Waals surface area contributed by atoms with Crippen molar-refractivity contribution in [2.45, 2.75) is 31.7 Å². The Morgan fingerprint density at radius 2 is 2.14 bits per heavy atom. The zero-order chi connectivity index (χ0) is 15.4. The number of methoxy groups -OCH3 is 1. The second kappa shape index (κ2) is 6.56. The van der Waals surface area contributed by atoms with Gasteiger partial charge in [0.1, 0.15) is 5.82 Å². The minimum atomic E-state index is -0.782. The van der Waals surface area contributed by atoms with Crippen LogP contribution in [0.25, 0.3) is 0 Å². The number of carbonyl (C=O) groups excluding carboxylic acids is 1. The van der Waals surface area contributed by atoms with E-state index in [9.17, 15) is 14.0 Å². The maximum Gasteiger partial charge on any atom is 0.340 e. The van der Waals surface area contributed by atoms with Crippen molar-refractivity contribution in [2.75, 3.05) is 12.4 Å². The maximum atomic E-state index is 13.5. The molecule has 0 radical (unpaired) electrons. The first-order valence-corrected chi connectivity index (χ1v) is 6.88. The van der Waals surface area contributed by atoms with Crippen LogP contribution >= 0.6 is 0 Å². The first-order valence-electron chi connectivity index (χ1n) is 6.88. The lowest BCUT2D eigenvalue weighted by Crippen LogP contribution is -2.31. The van der Waals surface area contributed by atoms with E-state index >= 15 is 0 Å². The van der Waals surface area contributed by atoms with E-state index in [1.165, 1.54) is 25.3 Å². The molecule has 0 saturated heterocycles. The van der Waals surface area contributed by atoms with Gasteiger partial charge in [0.15, 0.2) is 0 Å². The molecule has 1 aliphatic carbocycles. The van der Waals surface area contributed by atoms with Crippen molar-refractivity contribution in [3.63, 3.8) is 0 Å². The molecule has 0 spiro atoms. The molecule has 114 valence electrons. The van der Waals surface area contributed by atoms with E-state index in [0.29, 0.717) is 18.5 Å². The van der Waals surface area contributed by atoms with Gasteiger partial charge >= 0.3 is 11.9 Å². The van der Waals surface area contributed by atoms with Gasteiger partial charge in [0, 0.05) is 11.7 Å². The summed E-state index contributed by atoms with van der Waals surface area (Å²) in [6.45, 7) is 0. The minimum Gasteiger partial charge on any atom is -0.481 e. The van der Waals surface area contributed by atoms with Gasteiger partial charge in [-0.15, -0.1) is 0 Å². The third kappa shape index (κ3) is 3.71. The van der Waals surface area contributed by atoms with E-state index in [2.05, 4.69) is 10.1 Å². The van der Waals surface area contributed by atoms with Gasteiger partial charge in [-0.1, -0.05) is 6.42 Å². The van der Waals surface area contributed by atoms with E-state index in [1.807, 2.05) is 0 Å². The molecule has 5 nitrogen and oxygen atoms in total. The van der Waals surface area contributed by atoms with Crippen molar-refractivity contribution in [3.05, 3.63) is 29.6 Å². The zero-order valence-electron chi connectivity index (χ0n) is 11.8. The number of carbonyl (C=O) groups is 2. The normalized spacial score (nSPS) is 21.6. The lowest BCUT2D eigenvalue weighted by atomic mass is 9.85. The molecular weight excluding hydrogens is 277 g/mol. The van der Waals surface area contributed by atoms with Gasteiger partial charge in [0.25, 0.3) is 0 Å². The SMILES string of the molecule is COC(=O)c1cc(NC2CCCC(C(=O)O)C2)ccc1F. The van der Waals surface area contributed by atoms with E-state index in [0.717, 1.165) is 12.8 Å². The number of carboxylic acids is 1. The summed E-state index contributed by atoms with van der Waals surface area (Å²) in [6.07, 6.45) is 2.90. The predicted octanol–water partition coefficient (Wildman–Crippen LogP) is 2.67. The van der Waals surface area contributed by atoms with Crippen molar-refractivity contribution in [1.82, 2.24) is 0 Å². The van der Waals surface area contributed by atoms with Crippen LogP contribution in [0, 0.1) is 11.7 Å². The van der Waals surface area contributed by atoms with Gasteiger partial charge in [-0.05, 0) is 37.5 Å². The summed E-state index contributed by atoms with van der Waals surface area (Å²) in [6, 6.07) is 4.14. The molecule has 2 rings (SSSR count). The summed E-state index contributed by atoms with van der Waals surface area (Å²) in [7, 11) is 1.19. The number of carboxylic acid groups (broad SMARTS) is 1. The molecule has 0 heterocycles. The average molecular weight is 295 g/mol. The first-order chi connectivity index (χ1) is 10.0. The second-order valence-corrected chi connectivity index (χ2v) is 5.23. The number of ether oxygens (including phenoxy) is 1. The fraction of sp³-hybridized carbons (Fsp3) is 0.467. The average Bonchev–Trinajstić information content (AvgIpc) is 2.48. The highest BCUT2D eigenvalue weighted by Gasteiger charge is 2.27. The fourth-order valence-corrected chi connectivity index (χ4v) is 2.66. The Balaban J connectivity index is 2.09. The topological polar surface area (TPSA) is 75.6 Å². The highest BCUT2D eigenvalue weighted by atomic mass is 19.1. The number of halogens is 1. The van der Waals surface area contributed by atoms with Gasteiger partial charge in [-0.25, -0.2) is 9.18 Å². The number of aliphatic carboxylic acids is 1. The number of nitrogens with one attached hydrogen (secondary N) is 1.